The van der Waals surface area contributed by atoms with Gasteiger partial charge in [0.15, 0.2) is 34.7 Å². The largest absolute Gasteiger partial charge is 0.407 e. The molecule has 0 bridgehead atoms. The highest BCUT2D eigenvalue weighted by Crippen LogP contribution is 2.38. The van der Waals surface area contributed by atoms with Crippen molar-refractivity contribution < 1.29 is 105 Å². The third kappa shape index (κ3) is 35.3. The van der Waals surface area contributed by atoms with Crippen LogP contribution in [0.15, 0.2) is 191 Å². The van der Waals surface area contributed by atoms with Crippen LogP contribution in [0.25, 0.3) is 0 Å². The minimum atomic E-state index is -3.35. The van der Waals surface area contributed by atoms with E-state index < -0.39 is 74.0 Å². The molecule has 0 heterocycles. The number of ketones is 6. The quantitative estimate of drug-likeness (QED) is 0.00932. The molecule has 0 radical (unpaired) electrons. The lowest BCUT2D eigenvalue weighted by atomic mass is 9.92. The number of rotatable bonds is 65. The minimum Gasteiger partial charge on any atom is -0.407 e. The average Bonchev–Trinajstić information content (AvgIpc) is 0.743. The molecular formula is C90H114N6O22Si. The molecule has 5 rings (SSSR count). The summed E-state index contributed by atoms with van der Waals surface area (Å²) in [6.07, 6.45) is 8.84. The standard InChI is InChI=1S/C90H114N6O22Si/c1-10-22-77(97)66-50-67(78(98)23-11-2)54-72(53-66)86(106)94-35-41-112-47-44-109-38-32-91-83(103)59-115-62-90(65-118-119(89(7,8)9,75-28-18-16-19-29-75)76-30-20-17-21-31-76,63-116-60-84(104)92-33-39-110-45-48-113-42-36-95-87(107)73-55-68(79(99)24-12-3)51-69(56-73)80(100)25-13-4)64-117-61-85(105)93-34-40-111-46-49-114-43-37-96-88(108)74-57-70(81(101)26-14-5)52-71(58-74)82(102)27-15-6/h10-21,28-31,50-58H,1-6,22-27,32-49,59-65H2,7-9H3,(H,91,103)(H,92,104)(H,93,105)(H,94,106)(H,95,107)(H,96,108). The zero-order valence-electron chi connectivity index (χ0n) is 68.6. The van der Waals surface area contributed by atoms with E-state index in [9.17, 15) is 57.5 Å². The molecule has 0 aromatic heterocycles. The van der Waals surface area contributed by atoms with Crippen LogP contribution in [0.5, 0.6) is 0 Å². The van der Waals surface area contributed by atoms with Gasteiger partial charge in [0.2, 0.25) is 17.7 Å². The van der Waals surface area contributed by atoms with E-state index in [-0.39, 0.29) is 268 Å². The van der Waals surface area contributed by atoms with Gasteiger partial charge in [0.25, 0.3) is 26.0 Å². The Hall–Kier alpha value is -10.8. The van der Waals surface area contributed by atoms with Gasteiger partial charge >= 0.3 is 0 Å². The van der Waals surface area contributed by atoms with Gasteiger partial charge in [-0.15, -0.1) is 39.5 Å². The number of benzene rings is 5. The molecule has 0 atom stereocenters. The summed E-state index contributed by atoms with van der Waals surface area (Å²) in [6, 6.07) is 32.7. The Balaban J connectivity index is 1.19. The van der Waals surface area contributed by atoms with Gasteiger partial charge in [0.1, 0.15) is 19.8 Å². The maximum atomic E-state index is 13.5. The molecule has 0 aliphatic heterocycles. The normalized spacial score (nSPS) is 11.3. The Morgan fingerprint density at radius 1 is 0.294 bits per heavy atom. The van der Waals surface area contributed by atoms with E-state index in [1.807, 2.05) is 60.7 Å². The van der Waals surface area contributed by atoms with Gasteiger partial charge in [0.05, 0.1) is 105 Å². The fourth-order valence-electron chi connectivity index (χ4n) is 12.0. The second-order valence-electron chi connectivity index (χ2n) is 28.3. The van der Waals surface area contributed by atoms with Crippen LogP contribution >= 0.6 is 0 Å². The average molecular weight is 1660 g/mol. The van der Waals surface area contributed by atoms with Crippen LogP contribution in [-0.4, -0.2) is 243 Å². The second-order valence-corrected chi connectivity index (χ2v) is 32.6. The summed E-state index contributed by atoms with van der Waals surface area (Å²) in [5.41, 5.74) is 0.357. The Morgan fingerprint density at radius 2 is 0.513 bits per heavy atom. The van der Waals surface area contributed by atoms with E-state index in [4.69, 9.17) is 47.1 Å². The van der Waals surface area contributed by atoms with Crippen molar-refractivity contribution in [2.75, 3.05) is 165 Å². The molecule has 119 heavy (non-hydrogen) atoms. The summed E-state index contributed by atoms with van der Waals surface area (Å²) < 4.78 is 60.3. The lowest BCUT2D eigenvalue weighted by Gasteiger charge is -2.45. The van der Waals surface area contributed by atoms with Crippen LogP contribution < -0.4 is 42.3 Å². The number of amides is 6. The van der Waals surface area contributed by atoms with Gasteiger partial charge in [-0.3, -0.25) is 57.5 Å². The summed E-state index contributed by atoms with van der Waals surface area (Å²) in [5, 5.41) is 17.9. The third-order valence-electron chi connectivity index (χ3n) is 17.8. The molecular weight excluding hydrogens is 1550 g/mol. The first-order chi connectivity index (χ1) is 57.4. The van der Waals surface area contributed by atoms with E-state index in [1.54, 1.807) is 0 Å². The van der Waals surface area contributed by atoms with Crippen LogP contribution in [0.1, 0.15) is 153 Å². The Bertz CT molecular complexity index is 3740. The van der Waals surface area contributed by atoms with Crippen molar-refractivity contribution >= 4 is 88.8 Å². The fraction of sp³-hybridized carbons (Fsp3) is 0.400. The number of nitrogens with one attached hydrogen (secondary N) is 6. The van der Waals surface area contributed by atoms with E-state index in [0.29, 0.717) is 0 Å². The highest BCUT2D eigenvalue weighted by Gasteiger charge is 2.52. The molecule has 0 saturated carbocycles. The molecule has 0 aliphatic rings. The number of carbonyl (C=O) groups is 12. The SMILES string of the molecule is C=CCC(=O)c1cc(C(=O)CC=C)cc(C(=O)NCCOCCOCCNC(=O)COCC(COCC(=O)NCCOCCOCCNC(=O)c2cc(C(=O)CC=C)cc(C(=O)CC=C)c2)(COCC(=O)NCCOCCOCCNC(=O)c2cc(C(=O)CC=C)cc(C(=O)CC=C)c2)CO[Si](c2ccccc2)(c2ccccc2)C(C)(C)C)c1. The molecule has 6 N–H and O–H groups in total. The first-order valence-electron chi connectivity index (χ1n) is 39.3. The first kappa shape index (κ1) is 98.8. The Labute approximate surface area is 697 Å². The highest BCUT2D eigenvalue weighted by molar-refractivity contribution is 6.99. The maximum absolute atomic E-state index is 13.5. The zero-order chi connectivity index (χ0) is 86.7. The number of hydrogen-bond donors (Lipinski definition) is 6. The molecule has 28 nitrogen and oxygen atoms in total. The molecule has 5 aromatic carbocycles. The Kier molecular flexibility index (Phi) is 45.7. The summed E-state index contributed by atoms with van der Waals surface area (Å²) in [7, 11) is -3.35. The molecule has 0 unspecified atom stereocenters. The van der Waals surface area contributed by atoms with Crippen LogP contribution in [0.3, 0.4) is 0 Å². The number of carbonyl (C=O) groups excluding carboxylic acids is 12. The van der Waals surface area contributed by atoms with Crippen molar-refractivity contribution in [3.63, 3.8) is 0 Å². The van der Waals surface area contributed by atoms with Gasteiger partial charge in [-0.25, -0.2) is 0 Å². The molecule has 0 spiro atoms. The summed E-state index contributed by atoms with van der Waals surface area (Å²) >= 11 is 0. The smallest absolute Gasteiger partial charge is 0.261 e. The van der Waals surface area contributed by atoms with E-state index >= 15 is 0 Å². The van der Waals surface area contributed by atoms with Crippen molar-refractivity contribution in [1.82, 2.24) is 31.9 Å². The number of ether oxygens (including phenoxy) is 9. The molecule has 6 amide bonds. The summed E-state index contributed by atoms with van der Waals surface area (Å²) in [5.74, 6) is -4.75. The third-order valence-corrected chi connectivity index (χ3v) is 22.8. The first-order valence-corrected chi connectivity index (χ1v) is 41.2. The molecule has 5 aromatic rings. The highest BCUT2D eigenvalue weighted by atomic mass is 28.4. The number of hydrogen-bond acceptors (Lipinski definition) is 22. The van der Waals surface area contributed by atoms with Crippen LogP contribution in [0.2, 0.25) is 5.04 Å². The Morgan fingerprint density at radius 3 is 0.731 bits per heavy atom. The van der Waals surface area contributed by atoms with Crippen molar-refractivity contribution in [2.45, 2.75) is 64.3 Å². The summed E-state index contributed by atoms with van der Waals surface area (Å²) in [6.45, 7) is 27.9. The minimum absolute atomic E-state index is 0.0304. The van der Waals surface area contributed by atoms with Crippen LogP contribution in [0, 0.1) is 5.41 Å². The predicted molar refractivity (Wildman–Crippen MR) is 454 cm³/mol. The fourth-order valence-corrected chi connectivity index (χ4v) is 16.7. The van der Waals surface area contributed by atoms with E-state index in [0.717, 1.165) is 10.4 Å². The van der Waals surface area contributed by atoms with Gasteiger partial charge in [-0.1, -0.05) is 118 Å². The van der Waals surface area contributed by atoms with Crippen LogP contribution in [-0.2, 0) is 61.4 Å². The van der Waals surface area contributed by atoms with Gasteiger partial charge in [-0.05, 0) is 70.0 Å². The van der Waals surface area contributed by atoms with Gasteiger partial charge < -0.3 is 79.0 Å². The van der Waals surface area contributed by atoms with Gasteiger partial charge in [-0.2, -0.15) is 0 Å². The van der Waals surface area contributed by atoms with Crippen molar-refractivity contribution in [1.29, 1.82) is 0 Å². The summed E-state index contributed by atoms with van der Waals surface area (Å²) in [4.78, 5) is 156. The second kappa shape index (κ2) is 55.0. The molecule has 0 saturated heterocycles. The van der Waals surface area contributed by atoms with Crippen molar-refractivity contribution in [2.24, 2.45) is 5.41 Å². The molecule has 0 aliphatic carbocycles. The lowest BCUT2D eigenvalue weighted by Crippen LogP contribution is -2.67. The van der Waals surface area contributed by atoms with Crippen molar-refractivity contribution in [3.05, 3.63) is 241 Å². The van der Waals surface area contributed by atoms with E-state index in [1.165, 1.54) is 91.1 Å². The zero-order valence-corrected chi connectivity index (χ0v) is 69.6. The topological polar surface area (TPSA) is 369 Å². The van der Waals surface area contributed by atoms with Crippen molar-refractivity contribution in [3.8, 4) is 0 Å². The van der Waals surface area contributed by atoms with E-state index in [2.05, 4.69) is 92.1 Å². The predicted octanol–water partition coefficient (Wildman–Crippen LogP) is 7.89. The molecule has 29 heteroatoms. The number of Topliss-reactive ketones (excluding diaryl/α,β-unsaturated/α-hetero) is 6. The monoisotopic (exact) mass is 1660 g/mol. The lowest BCUT2D eigenvalue weighted by molar-refractivity contribution is -0.138. The maximum Gasteiger partial charge on any atom is 0.261 e. The van der Waals surface area contributed by atoms with Gasteiger partial charge in [0, 0.05) is 134 Å². The molecule has 640 valence electrons. The molecule has 0 fully saturated rings. The van der Waals surface area contributed by atoms with Crippen LogP contribution in [0.4, 0.5) is 0 Å². The number of allylic oxidation sites excluding steroid dienone is 6.